The Morgan fingerprint density at radius 1 is 1.25 bits per heavy atom. The van der Waals surface area contributed by atoms with Gasteiger partial charge in [-0.1, -0.05) is 37.6 Å². The second-order valence-electron chi connectivity index (χ2n) is 5.50. The van der Waals surface area contributed by atoms with Crippen molar-refractivity contribution >= 4 is 17.4 Å². The van der Waals surface area contributed by atoms with Gasteiger partial charge in [-0.05, 0) is 37.6 Å². The molecule has 1 aromatic carbocycles. The summed E-state index contributed by atoms with van der Waals surface area (Å²) in [4.78, 5) is 12.3. The van der Waals surface area contributed by atoms with Gasteiger partial charge in [0, 0.05) is 23.4 Å². The molecule has 0 amide bonds. The Kier molecular flexibility index (Phi) is 7.20. The second kappa shape index (κ2) is 8.40. The van der Waals surface area contributed by atoms with Crippen molar-refractivity contribution < 1.29 is 9.90 Å². The van der Waals surface area contributed by atoms with Gasteiger partial charge >= 0.3 is 0 Å². The molecule has 1 aromatic rings. The summed E-state index contributed by atoms with van der Waals surface area (Å²) >= 11 is 5.90. The van der Waals surface area contributed by atoms with Crippen LogP contribution >= 0.6 is 11.6 Å². The highest BCUT2D eigenvalue weighted by atomic mass is 35.5. The quantitative estimate of drug-likeness (QED) is 0.725. The fraction of sp³-hybridized carbons (Fsp3) is 0.562. The number of hydrogen-bond donors (Lipinski definition) is 2. The number of aliphatic hydroxyl groups excluding tert-OH is 1. The van der Waals surface area contributed by atoms with Crippen molar-refractivity contribution in [3.05, 3.63) is 34.9 Å². The van der Waals surface area contributed by atoms with Gasteiger partial charge < -0.3 is 10.4 Å². The van der Waals surface area contributed by atoms with Crippen LogP contribution in [0.3, 0.4) is 0 Å². The topological polar surface area (TPSA) is 49.3 Å². The Morgan fingerprint density at radius 3 is 2.35 bits per heavy atom. The maximum Gasteiger partial charge on any atom is 0.142 e. The third-order valence-electron chi connectivity index (χ3n) is 3.23. The molecule has 0 heterocycles. The van der Waals surface area contributed by atoms with Crippen molar-refractivity contribution in [2.45, 2.75) is 39.2 Å². The van der Waals surface area contributed by atoms with Gasteiger partial charge in [0.05, 0.1) is 6.10 Å². The maximum absolute atomic E-state index is 12.3. The average molecular weight is 298 g/mol. The van der Waals surface area contributed by atoms with E-state index in [-0.39, 0.29) is 23.7 Å². The summed E-state index contributed by atoms with van der Waals surface area (Å²) in [5.74, 6) is 0.132. The largest absolute Gasteiger partial charge is 0.392 e. The van der Waals surface area contributed by atoms with Gasteiger partial charge in [-0.3, -0.25) is 4.79 Å². The van der Waals surface area contributed by atoms with Gasteiger partial charge in [0.25, 0.3) is 0 Å². The standard InChI is InChI=1S/C16H24ClNO2/c1-11(2)16(20)15(8-9-18-10-12(3)19)13-4-6-14(17)7-5-13/h4-7,11-12,15,18-19H,8-10H2,1-3H3/t12?,15-/m1/s1. The minimum absolute atomic E-state index is 0.00689. The molecule has 0 aliphatic rings. The summed E-state index contributed by atoms with van der Waals surface area (Å²) in [6.07, 6.45) is 0.357. The summed E-state index contributed by atoms with van der Waals surface area (Å²) in [5.41, 5.74) is 1.01. The molecule has 0 saturated carbocycles. The number of aliphatic hydroxyl groups is 1. The Labute approximate surface area is 126 Å². The smallest absolute Gasteiger partial charge is 0.142 e. The van der Waals surface area contributed by atoms with Gasteiger partial charge in [0.1, 0.15) is 5.78 Å². The molecule has 0 bridgehead atoms. The molecular weight excluding hydrogens is 274 g/mol. The zero-order valence-corrected chi connectivity index (χ0v) is 13.2. The predicted molar refractivity (Wildman–Crippen MR) is 83.2 cm³/mol. The lowest BCUT2D eigenvalue weighted by Gasteiger charge is -2.19. The third-order valence-corrected chi connectivity index (χ3v) is 3.49. The average Bonchev–Trinajstić information content (AvgIpc) is 2.39. The summed E-state index contributed by atoms with van der Waals surface area (Å²) < 4.78 is 0. The fourth-order valence-electron chi connectivity index (χ4n) is 2.13. The van der Waals surface area contributed by atoms with Crippen LogP contribution in [0.1, 0.15) is 38.7 Å². The maximum atomic E-state index is 12.3. The third kappa shape index (κ3) is 5.61. The van der Waals surface area contributed by atoms with Crippen LogP contribution < -0.4 is 5.32 Å². The van der Waals surface area contributed by atoms with E-state index < -0.39 is 0 Å². The van der Waals surface area contributed by atoms with E-state index in [1.54, 1.807) is 6.92 Å². The van der Waals surface area contributed by atoms with Gasteiger partial charge in [-0.25, -0.2) is 0 Å². The van der Waals surface area contributed by atoms with Crippen molar-refractivity contribution in [2.24, 2.45) is 5.92 Å². The van der Waals surface area contributed by atoms with Crippen LogP contribution in [0.4, 0.5) is 0 Å². The lowest BCUT2D eigenvalue weighted by Crippen LogP contribution is -2.28. The molecule has 2 N–H and O–H groups in total. The van der Waals surface area contributed by atoms with E-state index in [4.69, 9.17) is 11.6 Å². The Hall–Kier alpha value is -0.900. The lowest BCUT2D eigenvalue weighted by molar-refractivity contribution is -0.123. The number of nitrogens with one attached hydrogen (secondary N) is 1. The number of carbonyl (C=O) groups is 1. The first-order chi connectivity index (χ1) is 9.41. The molecule has 1 unspecified atom stereocenters. The summed E-state index contributed by atoms with van der Waals surface area (Å²) in [6, 6.07) is 7.48. The highest BCUT2D eigenvalue weighted by molar-refractivity contribution is 6.30. The molecule has 112 valence electrons. The molecule has 0 fully saturated rings. The normalized spacial score (nSPS) is 14.3. The lowest BCUT2D eigenvalue weighted by atomic mass is 9.86. The number of hydrogen-bond acceptors (Lipinski definition) is 3. The van der Waals surface area contributed by atoms with Crippen molar-refractivity contribution in [1.82, 2.24) is 5.32 Å². The number of benzene rings is 1. The number of Topliss-reactive ketones (excluding diaryl/α,β-unsaturated/α-hetero) is 1. The van der Waals surface area contributed by atoms with Crippen LogP contribution in [0, 0.1) is 5.92 Å². The molecule has 0 saturated heterocycles. The molecule has 3 nitrogen and oxygen atoms in total. The van der Waals surface area contributed by atoms with E-state index in [0.717, 1.165) is 12.0 Å². The minimum atomic E-state index is -0.371. The summed E-state index contributed by atoms with van der Waals surface area (Å²) in [5, 5.41) is 13.1. The Bertz CT molecular complexity index is 415. The van der Waals surface area contributed by atoms with Crippen LogP contribution in [0.5, 0.6) is 0 Å². The van der Waals surface area contributed by atoms with Gasteiger partial charge in [0.2, 0.25) is 0 Å². The molecule has 0 aliphatic carbocycles. The van der Waals surface area contributed by atoms with Gasteiger partial charge in [-0.2, -0.15) is 0 Å². The van der Waals surface area contributed by atoms with Crippen LogP contribution in [-0.4, -0.2) is 30.1 Å². The van der Waals surface area contributed by atoms with E-state index in [2.05, 4.69) is 5.32 Å². The molecule has 4 heteroatoms. The molecule has 0 aliphatic heterocycles. The van der Waals surface area contributed by atoms with Crippen LogP contribution in [-0.2, 0) is 4.79 Å². The SMILES string of the molecule is CC(O)CNCC[C@@H](C(=O)C(C)C)c1ccc(Cl)cc1. The van der Waals surface area contributed by atoms with E-state index in [9.17, 15) is 9.90 Å². The zero-order chi connectivity index (χ0) is 15.1. The van der Waals surface area contributed by atoms with Crippen LogP contribution in [0.15, 0.2) is 24.3 Å². The van der Waals surface area contributed by atoms with Crippen molar-refractivity contribution in [3.63, 3.8) is 0 Å². The molecular formula is C16H24ClNO2. The summed E-state index contributed by atoms with van der Waals surface area (Å²) in [7, 11) is 0. The van der Waals surface area contributed by atoms with Gasteiger partial charge in [0.15, 0.2) is 0 Å². The van der Waals surface area contributed by atoms with Crippen LogP contribution in [0.2, 0.25) is 5.02 Å². The first-order valence-electron chi connectivity index (χ1n) is 7.09. The number of carbonyl (C=O) groups excluding carboxylic acids is 1. The van der Waals surface area contributed by atoms with Crippen molar-refractivity contribution in [1.29, 1.82) is 0 Å². The molecule has 0 radical (unpaired) electrons. The van der Waals surface area contributed by atoms with Crippen molar-refractivity contribution in [2.75, 3.05) is 13.1 Å². The van der Waals surface area contributed by atoms with Crippen LogP contribution in [0.25, 0.3) is 0 Å². The molecule has 20 heavy (non-hydrogen) atoms. The van der Waals surface area contributed by atoms with E-state index >= 15 is 0 Å². The molecule has 2 atom stereocenters. The molecule has 1 rings (SSSR count). The number of ketones is 1. The monoisotopic (exact) mass is 297 g/mol. The predicted octanol–water partition coefficient (Wildman–Crippen LogP) is 3.01. The van der Waals surface area contributed by atoms with Crippen molar-refractivity contribution in [3.8, 4) is 0 Å². The first-order valence-corrected chi connectivity index (χ1v) is 7.47. The fourth-order valence-corrected chi connectivity index (χ4v) is 2.25. The van der Waals surface area contributed by atoms with E-state index in [1.165, 1.54) is 0 Å². The van der Waals surface area contributed by atoms with Gasteiger partial charge in [-0.15, -0.1) is 0 Å². The minimum Gasteiger partial charge on any atom is -0.392 e. The second-order valence-corrected chi connectivity index (χ2v) is 5.94. The Balaban J connectivity index is 2.70. The molecule has 0 spiro atoms. The number of rotatable bonds is 8. The number of halogens is 1. The highest BCUT2D eigenvalue weighted by Gasteiger charge is 2.22. The highest BCUT2D eigenvalue weighted by Crippen LogP contribution is 2.25. The zero-order valence-electron chi connectivity index (χ0n) is 12.4. The first kappa shape index (κ1) is 17.2. The van der Waals surface area contributed by atoms with E-state index in [0.29, 0.717) is 18.1 Å². The Morgan fingerprint density at radius 2 is 1.85 bits per heavy atom. The molecule has 0 aromatic heterocycles. The van der Waals surface area contributed by atoms with E-state index in [1.807, 2.05) is 38.1 Å². The summed E-state index contributed by atoms with van der Waals surface area (Å²) in [6.45, 7) is 6.84.